The largest absolute Gasteiger partial charge is 0.472 e. The molecule has 0 fully saturated rings. The van der Waals surface area contributed by atoms with Crippen molar-refractivity contribution in [2.24, 2.45) is 0 Å². The van der Waals surface area contributed by atoms with E-state index in [0.717, 1.165) is 161 Å². The van der Waals surface area contributed by atoms with Gasteiger partial charge in [-0.05, 0) is 141 Å². The predicted octanol–water partition coefficient (Wildman–Crippen LogP) is 23.4. The highest BCUT2D eigenvalue weighted by Crippen LogP contribution is 2.45. The maximum atomic E-state index is 12.9. The molecule has 0 aliphatic heterocycles. The van der Waals surface area contributed by atoms with Crippen LogP contribution in [0.25, 0.3) is 0 Å². The number of carbonyl (C=O) groups is 3. The fraction of sp³-hybridized carbons (Fsp3) is 0.659. The van der Waals surface area contributed by atoms with E-state index in [1.54, 1.807) is 0 Å². The van der Waals surface area contributed by atoms with Crippen molar-refractivity contribution in [3.05, 3.63) is 158 Å². The summed E-state index contributed by atoms with van der Waals surface area (Å²) in [4.78, 5) is 58.5. The van der Waals surface area contributed by atoms with E-state index in [0.29, 0.717) is 19.3 Å². The van der Waals surface area contributed by atoms with E-state index in [9.17, 15) is 43.5 Å². The quantitative estimate of drug-likeness (QED) is 0.0146. The Morgan fingerprint density at radius 1 is 0.282 bits per heavy atom. The fourth-order valence-electron chi connectivity index (χ4n) is 10.2. The molecule has 0 spiro atoms. The number of rotatable bonds is 74. The van der Waals surface area contributed by atoms with Crippen LogP contribution >= 0.6 is 15.6 Å². The van der Waals surface area contributed by atoms with Crippen LogP contribution in [-0.4, -0.2) is 95.9 Å². The lowest BCUT2D eigenvalue weighted by Gasteiger charge is -2.21. The Morgan fingerprint density at radius 3 is 0.825 bits per heavy atom. The summed E-state index contributed by atoms with van der Waals surface area (Å²) in [5, 5.41) is 20.6. The summed E-state index contributed by atoms with van der Waals surface area (Å²) in [6.45, 7) is 2.32. The van der Waals surface area contributed by atoms with Gasteiger partial charge in [-0.25, -0.2) is 9.13 Å². The van der Waals surface area contributed by atoms with Gasteiger partial charge < -0.3 is 34.2 Å². The van der Waals surface area contributed by atoms with Gasteiger partial charge in [0.15, 0.2) is 6.10 Å². The molecule has 5 unspecified atom stereocenters. The van der Waals surface area contributed by atoms with Crippen LogP contribution in [0.15, 0.2) is 158 Å². The van der Waals surface area contributed by atoms with E-state index in [-0.39, 0.29) is 19.3 Å². The van der Waals surface area contributed by atoms with Gasteiger partial charge in [0.05, 0.1) is 26.4 Å². The van der Waals surface area contributed by atoms with Crippen LogP contribution in [0.5, 0.6) is 0 Å². The van der Waals surface area contributed by atoms with Crippen molar-refractivity contribution in [2.75, 3.05) is 39.6 Å². The number of carbonyl (C=O) groups excluding carboxylic acids is 3. The molecule has 0 heterocycles. The molecule has 18 heteroatoms. The van der Waals surface area contributed by atoms with Gasteiger partial charge in [-0.15, -0.1) is 0 Å². The summed E-state index contributed by atoms with van der Waals surface area (Å²) in [6, 6.07) is 0. The summed E-state index contributed by atoms with van der Waals surface area (Å²) in [6.07, 6.45) is 96.0. The van der Waals surface area contributed by atoms with Crippen LogP contribution < -0.4 is 0 Å². The molecule has 588 valence electrons. The zero-order chi connectivity index (χ0) is 75.2. The van der Waals surface area contributed by atoms with E-state index in [1.807, 2.05) is 0 Å². The van der Waals surface area contributed by atoms with Crippen molar-refractivity contribution in [1.29, 1.82) is 0 Å². The van der Waals surface area contributed by atoms with E-state index in [2.05, 4.69) is 179 Å². The Balaban J connectivity index is 4.41. The molecule has 0 aromatic heterocycles. The Morgan fingerprint density at radius 2 is 0.515 bits per heavy atom. The first-order valence-electron chi connectivity index (χ1n) is 39.8. The zero-order valence-corrected chi connectivity index (χ0v) is 66.0. The molecule has 0 bridgehead atoms. The van der Waals surface area contributed by atoms with Crippen molar-refractivity contribution < 1.29 is 75.8 Å². The highest BCUT2D eigenvalue weighted by Gasteiger charge is 2.29. The first-order valence-corrected chi connectivity index (χ1v) is 42.8. The maximum Gasteiger partial charge on any atom is 0.472 e. The van der Waals surface area contributed by atoms with Crippen molar-refractivity contribution in [3.8, 4) is 0 Å². The predicted molar refractivity (Wildman–Crippen MR) is 426 cm³/mol. The molecular weight excluding hydrogens is 1340 g/mol. The van der Waals surface area contributed by atoms with Crippen LogP contribution in [0.3, 0.4) is 0 Å². The SMILES string of the molecule is CC/C=C\C/C=C\C/C=C\C/C=C\C/C=C\C/C=C\CCCCCCCCCCCCCCCCCCC(=O)OCC(O)COP(=O)(O)OCC(O)COP(=O)(O)OCC(COC(=O)CCCCC/C=C\C/C=C\C/C=C\C/C=C\C/C=C\CC)OC(=O)CCCCCCC/C=C\C/C=C\CCC. The number of hydrogen-bond acceptors (Lipinski definition) is 14. The first-order chi connectivity index (χ1) is 50.2. The molecule has 0 amide bonds. The molecule has 0 aromatic rings. The van der Waals surface area contributed by atoms with Crippen LogP contribution in [0.1, 0.15) is 303 Å². The Hall–Kier alpha value is -4.83. The topological polar surface area (TPSA) is 231 Å². The number of phosphoric ester groups is 2. The second-order valence-electron chi connectivity index (χ2n) is 26.1. The lowest BCUT2D eigenvalue weighted by Crippen LogP contribution is -2.30. The normalized spacial score (nSPS) is 14.8. The van der Waals surface area contributed by atoms with E-state index in [4.69, 9.17) is 32.3 Å². The van der Waals surface area contributed by atoms with Crippen LogP contribution in [-0.2, 0) is 55.8 Å². The summed E-state index contributed by atoms with van der Waals surface area (Å²) in [5.74, 6) is -1.63. The molecule has 4 N–H and O–H groups in total. The minimum absolute atomic E-state index is 0.0769. The number of aliphatic hydroxyl groups excluding tert-OH is 2. The van der Waals surface area contributed by atoms with Gasteiger partial charge in [0.2, 0.25) is 0 Å². The molecule has 0 saturated heterocycles. The Kier molecular flexibility index (Phi) is 73.2. The number of hydrogen-bond donors (Lipinski definition) is 4. The molecule has 0 rings (SSSR count). The third-order valence-corrected chi connectivity index (χ3v) is 18.1. The molecule has 0 aromatic carbocycles. The van der Waals surface area contributed by atoms with Gasteiger partial charge in [0, 0.05) is 19.3 Å². The number of aliphatic hydroxyl groups is 2. The highest BCUT2D eigenvalue weighted by molar-refractivity contribution is 7.47. The molecule has 0 saturated carbocycles. The van der Waals surface area contributed by atoms with E-state index >= 15 is 0 Å². The van der Waals surface area contributed by atoms with Gasteiger partial charge in [0.1, 0.15) is 25.4 Å². The number of esters is 3. The molecule has 16 nitrogen and oxygen atoms in total. The minimum atomic E-state index is -4.94. The average Bonchev–Trinajstić information content (AvgIpc) is 0.925. The molecule has 103 heavy (non-hydrogen) atoms. The average molecular weight is 1480 g/mol. The van der Waals surface area contributed by atoms with Crippen molar-refractivity contribution >= 4 is 33.6 Å². The second-order valence-corrected chi connectivity index (χ2v) is 29.0. The minimum Gasteiger partial charge on any atom is -0.463 e. The Bertz CT molecular complexity index is 2500. The van der Waals surface area contributed by atoms with Crippen molar-refractivity contribution in [1.82, 2.24) is 0 Å². The van der Waals surface area contributed by atoms with Gasteiger partial charge in [-0.3, -0.25) is 32.5 Å². The van der Waals surface area contributed by atoms with Gasteiger partial charge in [0.25, 0.3) is 0 Å². The molecule has 5 atom stereocenters. The van der Waals surface area contributed by atoms with Crippen LogP contribution in [0, 0.1) is 0 Å². The monoisotopic (exact) mass is 1480 g/mol. The summed E-state index contributed by atoms with van der Waals surface area (Å²) >= 11 is 0. The highest BCUT2D eigenvalue weighted by atomic mass is 31.2. The zero-order valence-electron chi connectivity index (χ0n) is 64.2. The van der Waals surface area contributed by atoms with Gasteiger partial charge >= 0.3 is 33.6 Å². The van der Waals surface area contributed by atoms with E-state index < -0.39 is 91.5 Å². The number of allylic oxidation sites excluding steroid dienone is 26. The smallest absolute Gasteiger partial charge is 0.463 e. The molecule has 0 aliphatic carbocycles. The molecule has 0 aliphatic rings. The lowest BCUT2D eigenvalue weighted by molar-refractivity contribution is -0.161. The standard InChI is InChI=1S/C85H142O16P2/c1-4-7-10-13-16-19-22-25-27-29-31-32-33-34-35-36-37-38-39-40-41-42-43-44-45-46-48-50-51-54-56-59-62-65-68-71-83(88)95-74-80(86)75-97-102(91,92)98-76-81(87)77-99-103(93,94)100-79-82(101-85(90)73-70-67-64-61-58-53-24-21-18-15-12-9-6-3)78-96-84(89)72-69-66-63-60-57-55-52-49-47-30-28-26-23-20-17-14-11-8-5-2/h7-8,10-12,15-17,19-21,24-28,31-32,34-35,37-38,47,49,55,57,80-82,86-87H,4-6,9,13-14,18,22-23,29-30,33,36,39-46,48,50-54,56,58-79H2,1-3H3,(H,91,92)(H,93,94)/b10-7-,11-8-,15-12-,19-16-,20-17-,24-21-,27-25-,28-26-,32-31-,35-34-,38-37-,49-47-,57-55-. The third-order valence-electron chi connectivity index (χ3n) is 16.2. The maximum absolute atomic E-state index is 12.9. The number of phosphoric acid groups is 2. The van der Waals surface area contributed by atoms with Gasteiger partial charge in [-0.2, -0.15) is 0 Å². The summed E-state index contributed by atoms with van der Waals surface area (Å²) in [7, 11) is -9.80. The molecule has 0 radical (unpaired) electrons. The van der Waals surface area contributed by atoms with Crippen LogP contribution in [0.4, 0.5) is 0 Å². The summed E-state index contributed by atoms with van der Waals surface area (Å²) < 4.78 is 61.0. The number of unbranched alkanes of at least 4 members (excludes halogenated alkanes) is 25. The third kappa shape index (κ3) is 78.1. The summed E-state index contributed by atoms with van der Waals surface area (Å²) in [5.41, 5.74) is 0. The first kappa shape index (κ1) is 98.2. The lowest BCUT2D eigenvalue weighted by atomic mass is 10.0. The van der Waals surface area contributed by atoms with Crippen LogP contribution in [0.2, 0.25) is 0 Å². The number of ether oxygens (including phenoxy) is 3. The Labute approximate surface area is 625 Å². The van der Waals surface area contributed by atoms with Crippen molar-refractivity contribution in [3.63, 3.8) is 0 Å². The second kappa shape index (κ2) is 76.8. The van der Waals surface area contributed by atoms with E-state index in [1.165, 1.54) is 83.5 Å². The molecular formula is C85H142O16P2. The fourth-order valence-corrected chi connectivity index (χ4v) is 11.8. The van der Waals surface area contributed by atoms with Gasteiger partial charge in [-0.1, -0.05) is 301 Å². The van der Waals surface area contributed by atoms with Crippen molar-refractivity contribution in [2.45, 2.75) is 322 Å².